The molecule has 6 nitrogen and oxygen atoms in total. The number of nitrogens with one attached hydrogen (secondary N) is 1. The number of hydrogen-bond donors (Lipinski definition) is 2. The van der Waals surface area contributed by atoms with E-state index in [1.54, 1.807) is 68.4 Å². The van der Waals surface area contributed by atoms with Crippen molar-refractivity contribution in [2.24, 2.45) is 0 Å². The van der Waals surface area contributed by atoms with Crippen molar-refractivity contribution < 1.29 is 24.2 Å². The molecule has 2 N–H and O–H groups in total. The summed E-state index contributed by atoms with van der Waals surface area (Å²) in [5, 5.41) is 14.5. The summed E-state index contributed by atoms with van der Waals surface area (Å²) in [4.78, 5) is 26.2. The maximum Gasteiger partial charge on any atom is 0.251 e. The summed E-state index contributed by atoms with van der Waals surface area (Å²) in [6, 6.07) is 17.2. The van der Waals surface area contributed by atoms with Crippen molar-refractivity contribution >= 4 is 11.7 Å². The van der Waals surface area contributed by atoms with Crippen LogP contribution in [0.3, 0.4) is 0 Å². The predicted molar refractivity (Wildman–Crippen MR) is 104 cm³/mol. The van der Waals surface area contributed by atoms with E-state index in [2.05, 4.69) is 5.32 Å². The fourth-order valence-electron chi connectivity index (χ4n) is 3.75. The summed E-state index contributed by atoms with van der Waals surface area (Å²) >= 11 is 0. The molecule has 148 valence electrons. The summed E-state index contributed by atoms with van der Waals surface area (Å²) in [5.74, 6) is -0.891. The van der Waals surface area contributed by atoms with Gasteiger partial charge in [0.25, 0.3) is 5.91 Å². The van der Waals surface area contributed by atoms with E-state index < -0.39 is 29.3 Å². The fourth-order valence-corrected chi connectivity index (χ4v) is 3.75. The molecule has 2 aromatic rings. The normalized spacial score (nSPS) is 29.9. The summed E-state index contributed by atoms with van der Waals surface area (Å²) < 4.78 is 11.1. The molecule has 0 saturated carbocycles. The first-order valence-electron chi connectivity index (χ1n) is 9.20. The van der Waals surface area contributed by atoms with Crippen LogP contribution >= 0.6 is 0 Å². The Kier molecular flexibility index (Phi) is 5.65. The zero-order valence-electron chi connectivity index (χ0n) is 16.2. The van der Waals surface area contributed by atoms with Crippen molar-refractivity contribution in [3.05, 3.63) is 71.8 Å². The highest BCUT2D eigenvalue weighted by atomic mass is 16.7. The SMILES string of the molecule is CO[C@H]1C[C@](C)(NC(=O)c2ccccc2)[C@@](O)(C(=O)c2ccccc2)[C@H](C)O1. The Morgan fingerprint density at radius 3 is 2.14 bits per heavy atom. The minimum atomic E-state index is -1.98. The van der Waals surface area contributed by atoms with Gasteiger partial charge in [-0.1, -0.05) is 48.5 Å². The Hall–Kier alpha value is -2.54. The van der Waals surface area contributed by atoms with E-state index in [-0.39, 0.29) is 12.3 Å². The minimum absolute atomic E-state index is 0.113. The van der Waals surface area contributed by atoms with Crippen LogP contribution in [0, 0.1) is 0 Å². The first-order chi connectivity index (χ1) is 13.3. The lowest BCUT2D eigenvalue weighted by Gasteiger charge is -2.52. The lowest BCUT2D eigenvalue weighted by molar-refractivity contribution is -0.252. The molecule has 0 spiro atoms. The van der Waals surface area contributed by atoms with Gasteiger partial charge in [0.1, 0.15) is 0 Å². The van der Waals surface area contributed by atoms with Crippen LogP contribution in [0.4, 0.5) is 0 Å². The summed E-state index contributed by atoms with van der Waals surface area (Å²) in [6.07, 6.45) is -1.46. The molecule has 0 radical (unpaired) electrons. The third-order valence-corrected chi connectivity index (χ3v) is 5.43. The highest BCUT2D eigenvalue weighted by molar-refractivity contribution is 6.05. The molecule has 1 aliphatic rings. The van der Waals surface area contributed by atoms with Crippen LogP contribution in [0.5, 0.6) is 0 Å². The van der Waals surface area contributed by atoms with E-state index in [4.69, 9.17) is 9.47 Å². The van der Waals surface area contributed by atoms with Crippen molar-refractivity contribution in [3.8, 4) is 0 Å². The van der Waals surface area contributed by atoms with E-state index in [1.165, 1.54) is 7.11 Å². The van der Waals surface area contributed by atoms with Gasteiger partial charge in [-0.2, -0.15) is 0 Å². The molecular weight excluding hydrogens is 358 g/mol. The number of carbonyl (C=O) groups excluding carboxylic acids is 2. The Balaban J connectivity index is 2.01. The Bertz CT molecular complexity index is 841. The van der Waals surface area contributed by atoms with Gasteiger partial charge in [0, 0.05) is 24.7 Å². The van der Waals surface area contributed by atoms with E-state index in [9.17, 15) is 14.7 Å². The molecule has 1 saturated heterocycles. The third kappa shape index (κ3) is 3.46. The lowest BCUT2D eigenvalue weighted by Crippen LogP contribution is -2.74. The van der Waals surface area contributed by atoms with E-state index in [1.807, 2.05) is 6.07 Å². The molecule has 2 aromatic carbocycles. The summed E-state index contributed by atoms with van der Waals surface area (Å²) in [7, 11) is 1.49. The smallest absolute Gasteiger partial charge is 0.251 e. The molecule has 0 bridgehead atoms. The molecular formula is C22H25NO5. The van der Waals surface area contributed by atoms with Gasteiger partial charge in [-0.25, -0.2) is 0 Å². The van der Waals surface area contributed by atoms with Gasteiger partial charge >= 0.3 is 0 Å². The van der Waals surface area contributed by atoms with Gasteiger partial charge in [-0.05, 0) is 26.0 Å². The molecule has 0 aliphatic carbocycles. The lowest BCUT2D eigenvalue weighted by atomic mass is 9.69. The number of ketones is 1. The number of methoxy groups -OCH3 is 1. The van der Waals surface area contributed by atoms with Gasteiger partial charge in [0.15, 0.2) is 17.7 Å². The van der Waals surface area contributed by atoms with Crippen molar-refractivity contribution in [1.29, 1.82) is 0 Å². The summed E-state index contributed by atoms with van der Waals surface area (Å²) in [5.41, 5.74) is -2.51. The average Bonchev–Trinajstić information content (AvgIpc) is 2.72. The molecule has 1 aliphatic heterocycles. The molecule has 1 amide bonds. The van der Waals surface area contributed by atoms with Crippen molar-refractivity contribution in [2.45, 2.75) is 43.8 Å². The van der Waals surface area contributed by atoms with Gasteiger partial charge in [0.05, 0.1) is 11.6 Å². The average molecular weight is 383 g/mol. The number of Topliss-reactive ketones (excluding diaryl/α,β-unsaturated/α-hetero) is 1. The zero-order chi connectivity index (χ0) is 20.4. The van der Waals surface area contributed by atoms with Crippen LogP contribution in [-0.4, -0.2) is 47.4 Å². The largest absolute Gasteiger partial charge is 0.377 e. The van der Waals surface area contributed by atoms with Crippen molar-refractivity contribution in [1.82, 2.24) is 5.32 Å². The second-order valence-corrected chi connectivity index (χ2v) is 7.26. The number of amides is 1. The first-order valence-corrected chi connectivity index (χ1v) is 9.20. The molecule has 0 unspecified atom stereocenters. The topological polar surface area (TPSA) is 84.9 Å². The quantitative estimate of drug-likeness (QED) is 0.775. The highest BCUT2D eigenvalue weighted by Gasteiger charge is 2.61. The molecule has 1 heterocycles. The summed E-state index contributed by atoms with van der Waals surface area (Å²) in [6.45, 7) is 3.26. The van der Waals surface area contributed by atoms with Gasteiger partial charge in [0.2, 0.25) is 0 Å². The van der Waals surface area contributed by atoms with Gasteiger partial charge in [-0.3, -0.25) is 9.59 Å². The number of aliphatic hydroxyl groups is 1. The molecule has 4 atom stereocenters. The van der Waals surface area contributed by atoms with Crippen LogP contribution in [0.2, 0.25) is 0 Å². The van der Waals surface area contributed by atoms with Gasteiger partial charge in [-0.15, -0.1) is 0 Å². The van der Waals surface area contributed by atoms with Crippen LogP contribution in [-0.2, 0) is 9.47 Å². The number of carbonyl (C=O) groups is 2. The number of rotatable bonds is 5. The molecule has 1 fully saturated rings. The standard InChI is InChI=1S/C22H25NO5/c1-15-22(26,19(24)16-10-6-4-7-11-16)21(2,14-18(27-3)28-15)23-20(25)17-12-8-5-9-13-17/h4-13,15,18,26H,14H2,1-3H3,(H,23,25)/t15-,18+,21-,22-/m0/s1. The molecule has 0 aromatic heterocycles. The van der Waals surface area contributed by atoms with Gasteiger partial charge < -0.3 is 19.9 Å². The van der Waals surface area contributed by atoms with Crippen LogP contribution in [0.25, 0.3) is 0 Å². The Morgan fingerprint density at radius 2 is 1.61 bits per heavy atom. The number of ether oxygens (including phenoxy) is 2. The number of benzene rings is 2. The zero-order valence-corrected chi connectivity index (χ0v) is 16.2. The second kappa shape index (κ2) is 7.83. The van der Waals surface area contributed by atoms with E-state index >= 15 is 0 Å². The fraction of sp³-hybridized carbons (Fsp3) is 0.364. The molecule has 3 rings (SSSR count). The maximum atomic E-state index is 13.3. The van der Waals surface area contributed by atoms with E-state index in [0.717, 1.165) is 0 Å². The molecule has 28 heavy (non-hydrogen) atoms. The second-order valence-electron chi connectivity index (χ2n) is 7.26. The monoisotopic (exact) mass is 383 g/mol. The Labute approximate surface area is 164 Å². The predicted octanol–water partition coefficient (Wildman–Crippen LogP) is 2.57. The maximum absolute atomic E-state index is 13.3. The van der Waals surface area contributed by atoms with Crippen LogP contribution < -0.4 is 5.32 Å². The van der Waals surface area contributed by atoms with Crippen LogP contribution in [0.15, 0.2) is 60.7 Å². The van der Waals surface area contributed by atoms with Crippen LogP contribution in [0.1, 0.15) is 41.0 Å². The minimum Gasteiger partial charge on any atom is -0.377 e. The van der Waals surface area contributed by atoms with Crippen molar-refractivity contribution in [3.63, 3.8) is 0 Å². The Morgan fingerprint density at radius 1 is 1.07 bits per heavy atom. The third-order valence-electron chi connectivity index (χ3n) is 5.43. The first kappa shape index (κ1) is 20.2. The highest BCUT2D eigenvalue weighted by Crippen LogP contribution is 2.40. The number of hydrogen-bond acceptors (Lipinski definition) is 5. The molecule has 6 heteroatoms. The van der Waals surface area contributed by atoms with Crippen molar-refractivity contribution in [2.75, 3.05) is 7.11 Å². The van der Waals surface area contributed by atoms with E-state index in [0.29, 0.717) is 11.1 Å².